The molecule has 2 aromatic rings. The lowest BCUT2D eigenvalue weighted by Crippen LogP contribution is -2.29. The van der Waals surface area contributed by atoms with Gasteiger partial charge in [-0.05, 0) is 24.1 Å². The average Bonchev–Trinajstić information content (AvgIpc) is 2.91. The Kier molecular flexibility index (Phi) is 4.37. The lowest BCUT2D eigenvalue weighted by Gasteiger charge is -2.09. The molecule has 0 atom stereocenters. The van der Waals surface area contributed by atoms with E-state index in [2.05, 4.69) is 10.4 Å². The largest absolute Gasteiger partial charge is 0.480 e. The molecule has 0 unspecified atom stereocenters. The molecule has 2 rings (SSSR count). The molecule has 1 heterocycles. The summed E-state index contributed by atoms with van der Waals surface area (Å²) in [5.74, 6) is -1.40. The summed E-state index contributed by atoms with van der Waals surface area (Å²) in [4.78, 5) is 22.4. The number of para-hydroxylation sites is 1. The predicted molar refractivity (Wildman–Crippen MR) is 77.6 cm³/mol. The van der Waals surface area contributed by atoms with Crippen LogP contribution in [0.4, 0.5) is 0 Å². The minimum atomic E-state index is -1.09. The second-order valence-electron chi connectivity index (χ2n) is 4.93. The van der Waals surface area contributed by atoms with Gasteiger partial charge in [0.1, 0.15) is 6.54 Å². The molecule has 0 spiro atoms. The molecule has 0 radical (unpaired) electrons. The van der Waals surface area contributed by atoms with Gasteiger partial charge in [0.2, 0.25) is 0 Å². The molecule has 110 valence electrons. The van der Waals surface area contributed by atoms with Gasteiger partial charge in [0.25, 0.3) is 5.91 Å². The van der Waals surface area contributed by atoms with Gasteiger partial charge < -0.3 is 10.4 Å². The molecule has 2 N–H and O–H groups in total. The molecule has 21 heavy (non-hydrogen) atoms. The van der Waals surface area contributed by atoms with Crippen LogP contribution in [0.5, 0.6) is 0 Å². The van der Waals surface area contributed by atoms with Crippen molar-refractivity contribution in [3.05, 3.63) is 47.8 Å². The van der Waals surface area contributed by atoms with Crippen LogP contribution in [0.3, 0.4) is 0 Å². The SMILES string of the molecule is CC(C)c1cc(C(=O)NCC(=O)O)nn1-c1ccccc1. The zero-order valence-electron chi connectivity index (χ0n) is 11.9. The second-order valence-corrected chi connectivity index (χ2v) is 4.93. The summed E-state index contributed by atoms with van der Waals surface area (Å²) in [5.41, 5.74) is 1.96. The van der Waals surface area contributed by atoms with E-state index in [4.69, 9.17) is 5.11 Å². The second kappa shape index (κ2) is 6.21. The Balaban J connectivity index is 2.34. The number of benzene rings is 1. The van der Waals surface area contributed by atoms with Crippen LogP contribution in [-0.2, 0) is 4.79 Å². The molecule has 1 aromatic carbocycles. The van der Waals surface area contributed by atoms with Crippen LogP contribution < -0.4 is 5.32 Å². The Morgan fingerprint density at radius 3 is 2.52 bits per heavy atom. The monoisotopic (exact) mass is 287 g/mol. The minimum absolute atomic E-state index is 0.179. The lowest BCUT2D eigenvalue weighted by molar-refractivity contribution is -0.135. The summed E-state index contributed by atoms with van der Waals surface area (Å²) in [5, 5.41) is 15.2. The molecule has 0 aliphatic heterocycles. The average molecular weight is 287 g/mol. The fourth-order valence-electron chi connectivity index (χ4n) is 1.94. The van der Waals surface area contributed by atoms with Crippen LogP contribution in [0.1, 0.15) is 35.9 Å². The summed E-state index contributed by atoms with van der Waals surface area (Å²) < 4.78 is 1.71. The quantitative estimate of drug-likeness (QED) is 0.878. The van der Waals surface area contributed by atoms with Gasteiger partial charge >= 0.3 is 5.97 Å². The first-order valence-electron chi connectivity index (χ1n) is 6.64. The molecule has 6 heteroatoms. The van der Waals surface area contributed by atoms with Gasteiger partial charge in [0.05, 0.1) is 5.69 Å². The molecule has 1 amide bonds. The molecule has 0 aliphatic carbocycles. The number of rotatable bonds is 5. The van der Waals surface area contributed by atoms with Crippen molar-refractivity contribution in [3.8, 4) is 5.69 Å². The highest BCUT2D eigenvalue weighted by atomic mass is 16.4. The Morgan fingerprint density at radius 2 is 1.95 bits per heavy atom. The van der Waals surface area contributed by atoms with Crippen LogP contribution in [0, 0.1) is 0 Å². The van der Waals surface area contributed by atoms with E-state index >= 15 is 0 Å². The van der Waals surface area contributed by atoms with Gasteiger partial charge in [-0.3, -0.25) is 9.59 Å². The maximum Gasteiger partial charge on any atom is 0.322 e. The van der Waals surface area contributed by atoms with Crippen molar-refractivity contribution < 1.29 is 14.7 Å². The summed E-state index contributed by atoms with van der Waals surface area (Å²) in [6, 6.07) is 11.2. The number of carbonyl (C=O) groups is 2. The van der Waals surface area contributed by atoms with E-state index in [1.165, 1.54) is 0 Å². The highest BCUT2D eigenvalue weighted by molar-refractivity contribution is 5.94. The van der Waals surface area contributed by atoms with Crippen LogP contribution in [0.15, 0.2) is 36.4 Å². The Morgan fingerprint density at radius 1 is 1.29 bits per heavy atom. The zero-order valence-corrected chi connectivity index (χ0v) is 11.9. The number of hydrogen-bond acceptors (Lipinski definition) is 3. The predicted octanol–water partition coefficient (Wildman–Crippen LogP) is 1.81. The summed E-state index contributed by atoms with van der Waals surface area (Å²) in [7, 11) is 0. The molecule has 1 aromatic heterocycles. The smallest absolute Gasteiger partial charge is 0.322 e. The number of carboxylic acid groups (broad SMARTS) is 1. The van der Waals surface area contributed by atoms with Crippen molar-refractivity contribution in [2.24, 2.45) is 0 Å². The number of aliphatic carboxylic acids is 1. The van der Waals surface area contributed by atoms with Crippen molar-refractivity contribution in [1.29, 1.82) is 0 Å². The van der Waals surface area contributed by atoms with Crippen LogP contribution in [0.2, 0.25) is 0 Å². The summed E-state index contributed by atoms with van der Waals surface area (Å²) in [6.45, 7) is 3.60. The third-order valence-corrected chi connectivity index (χ3v) is 2.96. The molecule has 0 saturated heterocycles. The van der Waals surface area contributed by atoms with Gasteiger partial charge in [0, 0.05) is 5.69 Å². The fourth-order valence-corrected chi connectivity index (χ4v) is 1.94. The van der Waals surface area contributed by atoms with Gasteiger partial charge in [-0.25, -0.2) is 4.68 Å². The van der Waals surface area contributed by atoms with Crippen molar-refractivity contribution in [1.82, 2.24) is 15.1 Å². The first-order valence-corrected chi connectivity index (χ1v) is 6.64. The molecule has 0 fully saturated rings. The van der Waals surface area contributed by atoms with Crippen LogP contribution in [-0.4, -0.2) is 33.3 Å². The Bertz CT molecular complexity index is 647. The van der Waals surface area contributed by atoms with E-state index in [-0.39, 0.29) is 11.6 Å². The topological polar surface area (TPSA) is 84.2 Å². The number of hydrogen-bond donors (Lipinski definition) is 2. The van der Waals surface area contributed by atoms with E-state index in [1.807, 2.05) is 44.2 Å². The Labute approximate surface area is 122 Å². The van der Waals surface area contributed by atoms with Gasteiger partial charge in [-0.2, -0.15) is 5.10 Å². The highest BCUT2D eigenvalue weighted by Gasteiger charge is 2.17. The van der Waals surface area contributed by atoms with Gasteiger partial charge in [-0.1, -0.05) is 32.0 Å². The fraction of sp³-hybridized carbons (Fsp3) is 0.267. The van der Waals surface area contributed by atoms with E-state index in [0.29, 0.717) is 0 Å². The highest BCUT2D eigenvalue weighted by Crippen LogP contribution is 2.20. The van der Waals surface area contributed by atoms with Gasteiger partial charge in [-0.15, -0.1) is 0 Å². The number of amides is 1. The summed E-state index contributed by atoms with van der Waals surface area (Å²) in [6.07, 6.45) is 0. The van der Waals surface area contributed by atoms with E-state index in [1.54, 1.807) is 10.7 Å². The third kappa shape index (κ3) is 3.47. The van der Waals surface area contributed by atoms with Gasteiger partial charge in [0.15, 0.2) is 5.69 Å². The molecular formula is C15H17N3O3. The molecule has 0 bridgehead atoms. The zero-order chi connectivity index (χ0) is 15.4. The van der Waals surface area contributed by atoms with E-state index in [9.17, 15) is 9.59 Å². The normalized spacial score (nSPS) is 10.6. The number of carboxylic acids is 1. The van der Waals surface area contributed by atoms with Crippen molar-refractivity contribution >= 4 is 11.9 Å². The third-order valence-electron chi connectivity index (χ3n) is 2.96. The van der Waals surface area contributed by atoms with Crippen molar-refractivity contribution in [3.63, 3.8) is 0 Å². The first kappa shape index (κ1) is 14.8. The van der Waals surface area contributed by atoms with Crippen molar-refractivity contribution in [2.75, 3.05) is 6.54 Å². The number of nitrogens with zero attached hydrogens (tertiary/aromatic N) is 2. The van der Waals surface area contributed by atoms with Crippen LogP contribution >= 0.6 is 0 Å². The maximum atomic E-state index is 11.9. The minimum Gasteiger partial charge on any atom is -0.480 e. The number of aromatic nitrogens is 2. The number of carbonyl (C=O) groups excluding carboxylic acids is 1. The standard InChI is InChI=1S/C15H17N3O3/c1-10(2)13-8-12(15(21)16-9-14(19)20)17-18(13)11-6-4-3-5-7-11/h3-8,10H,9H2,1-2H3,(H,16,21)(H,19,20). The van der Waals surface area contributed by atoms with E-state index in [0.717, 1.165) is 11.4 Å². The number of nitrogens with one attached hydrogen (secondary N) is 1. The maximum absolute atomic E-state index is 11.9. The summed E-state index contributed by atoms with van der Waals surface area (Å²) >= 11 is 0. The Hall–Kier alpha value is -2.63. The first-order chi connectivity index (χ1) is 9.99. The molecule has 6 nitrogen and oxygen atoms in total. The lowest BCUT2D eigenvalue weighted by atomic mass is 10.1. The molecule has 0 saturated carbocycles. The van der Waals surface area contributed by atoms with Crippen molar-refractivity contribution in [2.45, 2.75) is 19.8 Å². The van der Waals surface area contributed by atoms with Crippen LogP contribution in [0.25, 0.3) is 5.69 Å². The van der Waals surface area contributed by atoms with E-state index < -0.39 is 18.4 Å². The molecular weight excluding hydrogens is 270 g/mol. The molecule has 0 aliphatic rings.